The third-order valence-electron chi connectivity index (χ3n) is 5.94. The summed E-state index contributed by atoms with van der Waals surface area (Å²) in [6, 6.07) is 33.5. The number of rotatable bonds is 3. The minimum absolute atomic E-state index is 0.154. The molecule has 1 heterocycles. The molecule has 4 aromatic carbocycles. The SMILES string of the molecule is N#CC1(c2ccccc2)C(=NC(=O)c2ccccc2)c2cc(Cl)ccc2N1C(=O)c1ccccc1. The van der Waals surface area contributed by atoms with Gasteiger partial charge in [0.1, 0.15) is 6.07 Å². The van der Waals surface area contributed by atoms with Gasteiger partial charge in [0.25, 0.3) is 11.8 Å². The Labute approximate surface area is 207 Å². The Morgan fingerprint density at radius 2 is 1.37 bits per heavy atom. The van der Waals surface area contributed by atoms with E-state index in [0.29, 0.717) is 33.0 Å². The minimum atomic E-state index is -1.69. The summed E-state index contributed by atoms with van der Waals surface area (Å²) < 4.78 is 0. The molecule has 6 heteroatoms. The zero-order valence-electron chi connectivity index (χ0n) is 18.4. The van der Waals surface area contributed by atoms with Crippen molar-refractivity contribution in [2.45, 2.75) is 5.54 Å². The molecule has 1 unspecified atom stereocenters. The van der Waals surface area contributed by atoms with Gasteiger partial charge in [0.05, 0.1) is 11.4 Å². The molecule has 168 valence electrons. The Kier molecular flexibility index (Phi) is 5.74. The topological polar surface area (TPSA) is 73.5 Å². The van der Waals surface area contributed by atoms with Gasteiger partial charge in [-0.1, -0.05) is 78.3 Å². The molecule has 0 aliphatic carbocycles. The molecular formula is C29H18ClN3O2. The van der Waals surface area contributed by atoms with Crippen molar-refractivity contribution in [2.24, 2.45) is 4.99 Å². The molecule has 1 aliphatic heterocycles. The third-order valence-corrected chi connectivity index (χ3v) is 6.18. The van der Waals surface area contributed by atoms with Crippen LogP contribution in [0.15, 0.2) is 114 Å². The first-order valence-corrected chi connectivity index (χ1v) is 11.3. The number of nitrogens with zero attached hydrogens (tertiary/aromatic N) is 3. The number of amides is 2. The lowest BCUT2D eigenvalue weighted by Gasteiger charge is -2.33. The van der Waals surface area contributed by atoms with Gasteiger partial charge in [-0.15, -0.1) is 0 Å². The highest BCUT2D eigenvalue weighted by atomic mass is 35.5. The first-order chi connectivity index (χ1) is 17.1. The van der Waals surface area contributed by atoms with Gasteiger partial charge in [-0.25, -0.2) is 4.99 Å². The molecule has 5 rings (SSSR count). The number of fused-ring (bicyclic) bond motifs is 1. The van der Waals surface area contributed by atoms with Crippen LogP contribution in [0.1, 0.15) is 31.8 Å². The molecule has 1 aliphatic rings. The Morgan fingerprint density at radius 1 is 0.800 bits per heavy atom. The molecule has 2 amide bonds. The summed E-state index contributed by atoms with van der Waals surface area (Å²) in [5, 5.41) is 11.2. The summed E-state index contributed by atoms with van der Waals surface area (Å²) in [5.41, 5.74) is 0.659. The third kappa shape index (κ3) is 3.71. The second-order valence-corrected chi connectivity index (χ2v) is 8.42. The minimum Gasteiger partial charge on any atom is -0.279 e. The first-order valence-electron chi connectivity index (χ1n) is 10.9. The molecule has 35 heavy (non-hydrogen) atoms. The largest absolute Gasteiger partial charge is 0.279 e. The van der Waals surface area contributed by atoms with Crippen molar-refractivity contribution in [3.05, 3.63) is 136 Å². The number of nitriles is 1. The predicted octanol–water partition coefficient (Wildman–Crippen LogP) is 6.05. The van der Waals surface area contributed by atoms with E-state index in [1.165, 1.54) is 4.90 Å². The van der Waals surface area contributed by atoms with Crippen LogP contribution in [-0.2, 0) is 5.54 Å². The Hall–Kier alpha value is -4.53. The van der Waals surface area contributed by atoms with E-state index < -0.39 is 17.4 Å². The summed E-state index contributed by atoms with van der Waals surface area (Å²) in [7, 11) is 0. The quantitative estimate of drug-likeness (QED) is 0.362. The molecule has 0 radical (unpaired) electrons. The molecule has 0 saturated heterocycles. The van der Waals surface area contributed by atoms with Crippen molar-refractivity contribution in [1.29, 1.82) is 5.26 Å². The molecule has 0 N–H and O–H groups in total. The number of anilines is 1. The zero-order valence-corrected chi connectivity index (χ0v) is 19.2. The normalized spacial score (nSPS) is 17.6. The second-order valence-electron chi connectivity index (χ2n) is 7.99. The van der Waals surface area contributed by atoms with Gasteiger partial charge >= 0.3 is 0 Å². The van der Waals surface area contributed by atoms with Crippen LogP contribution in [0.3, 0.4) is 0 Å². The number of hydrogen-bond donors (Lipinski definition) is 0. The van der Waals surface area contributed by atoms with Gasteiger partial charge in [0.15, 0.2) is 0 Å². The lowest BCUT2D eigenvalue weighted by Crippen LogP contribution is -2.50. The van der Waals surface area contributed by atoms with E-state index in [0.717, 1.165) is 0 Å². The summed E-state index contributed by atoms with van der Waals surface area (Å²) in [6.45, 7) is 0. The smallest absolute Gasteiger partial charge is 0.277 e. The highest BCUT2D eigenvalue weighted by Gasteiger charge is 2.54. The molecule has 0 saturated carbocycles. The fraction of sp³-hybridized carbons (Fsp3) is 0.0345. The predicted molar refractivity (Wildman–Crippen MR) is 136 cm³/mol. The maximum atomic E-state index is 13.9. The Morgan fingerprint density at radius 3 is 1.97 bits per heavy atom. The molecule has 5 nitrogen and oxygen atoms in total. The van der Waals surface area contributed by atoms with Crippen LogP contribution in [0.2, 0.25) is 5.02 Å². The zero-order chi connectivity index (χ0) is 24.4. The van der Waals surface area contributed by atoms with Gasteiger partial charge in [-0.05, 0) is 48.0 Å². The summed E-state index contributed by atoms with van der Waals surface area (Å²) in [4.78, 5) is 33.1. The monoisotopic (exact) mass is 475 g/mol. The van der Waals surface area contributed by atoms with Crippen molar-refractivity contribution < 1.29 is 9.59 Å². The van der Waals surface area contributed by atoms with Crippen LogP contribution < -0.4 is 4.90 Å². The highest BCUT2D eigenvalue weighted by Crippen LogP contribution is 2.47. The van der Waals surface area contributed by atoms with Crippen LogP contribution >= 0.6 is 11.6 Å². The van der Waals surface area contributed by atoms with E-state index in [2.05, 4.69) is 11.1 Å². The Balaban J connectivity index is 1.82. The number of carbonyl (C=O) groups excluding carboxylic acids is 2. The fourth-order valence-electron chi connectivity index (χ4n) is 4.35. The van der Waals surface area contributed by atoms with E-state index in [1.807, 2.05) is 12.1 Å². The van der Waals surface area contributed by atoms with Gasteiger partial charge in [-0.2, -0.15) is 5.26 Å². The van der Waals surface area contributed by atoms with Crippen LogP contribution in [0, 0.1) is 11.3 Å². The molecule has 1 atom stereocenters. The summed E-state index contributed by atoms with van der Waals surface area (Å²) in [5.74, 6) is -0.909. The highest BCUT2D eigenvalue weighted by molar-refractivity contribution is 6.33. The van der Waals surface area contributed by atoms with E-state index in [4.69, 9.17) is 11.6 Å². The van der Waals surface area contributed by atoms with Crippen molar-refractivity contribution in [1.82, 2.24) is 0 Å². The number of aliphatic imine (C=N–C) groups is 1. The van der Waals surface area contributed by atoms with Crippen LogP contribution in [0.5, 0.6) is 0 Å². The average molecular weight is 476 g/mol. The number of benzene rings is 4. The number of carbonyl (C=O) groups is 2. The fourth-order valence-corrected chi connectivity index (χ4v) is 4.52. The maximum absolute atomic E-state index is 13.9. The van der Waals surface area contributed by atoms with Crippen molar-refractivity contribution in [3.63, 3.8) is 0 Å². The second kappa shape index (κ2) is 9.02. The molecule has 0 bridgehead atoms. The van der Waals surface area contributed by atoms with Crippen molar-refractivity contribution in [3.8, 4) is 6.07 Å². The van der Waals surface area contributed by atoms with Gasteiger partial charge in [0.2, 0.25) is 5.54 Å². The summed E-state index contributed by atoms with van der Waals surface area (Å²) in [6.07, 6.45) is 0. The lowest BCUT2D eigenvalue weighted by molar-refractivity contribution is 0.0971. The van der Waals surface area contributed by atoms with E-state index in [-0.39, 0.29) is 5.71 Å². The standard InChI is InChI=1S/C29H18ClN3O2/c30-23-16-17-25-24(18-23)26(32-27(34)20-10-4-1-5-11-20)29(19-31,22-14-8-3-9-15-22)33(25)28(35)21-12-6-2-7-13-21/h1-18H. The molecule has 0 fully saturated rings. The van der Waals surface area contributed by atoms with Crippen LogP contribution in [0.4, 0.5) is 5.69 Å². The van der Waals surface area contributed by atoms with Gasteiger partial charge in [0, 0.05) is 21.7 Å². The van der Waals surface area contributed by atoms with E-state index in [1.54, 1.807) is 97.1 Å². The molecule has 0 spiro atoms. The van der Waals surface area contributed by atoms with Crippen LogP contribution in [-0.4, -0.2) is 17.5 Å². The van der Waals surface area contributed by atoms with Crippen LogP contribution in [0.25, 0.3) is 0 Å². The molecule has 0 aromatic heterocycles. The van der Waals surface area contributed by atoms with Gasteiger partial charge < -0.3 is 0 Å². The number of halogens is 1. The number of hydrogen-bond acceptors (Lipinski definition) is 3. The molecular weight excluding hydrogens is 458 g/mol. The van der Waals surface area contributed by atoms with E-state index in [9.17, 15) is 14.9 Å². The lowest BCUT2D eigenvalue weighted by atomic mass is 9.84. The summed E-state index contributed by atoms with van der Waals surface area (Å²) >= 11 is 6.34. The average Bonchev–Trinajstić information content (AvgIpc) is 3.19. The van der Waals surface area contributed by atoms with Crippen molar-refractivity contribution >= 4 is 34.8 Å². The van der Waals surface area contributed by atoms with Crippen molar-refractivity contribution in [2.75, 3.05) is 4.90 Å². The maximum Gasteiger partial charge on any atom is 0.277 e. The first kappa shape index (κ1) is 22.3. The van der Waals surface area contributed by atoms with E-state index >= 15 is 0 Å². The van der Waals surface area contributed by atoms with Gasteiger partial charge in [-0.3, -0.25) is 14.5 Å². The molecule has 4 aromatic rings. The Bertz CT molecular complexity index is 1500.